The summed E-state index contributed by atoms with van der Waals surface area (Å²) in [5.41, 5.74) is 7.15. The molecule has 0 aromatic heterocycles. The summed E-state index contributed by atoms with van der Waals surface area (Å²) in [4.78, 5) is 30.5. The van der Waals surface area contributed by atoms with Crippen LogP contribution in [0.3, 0.4) is 0 Å². The number of carbonyl (C=O) groups is 2. The molecule has 0 aliphatic carbocycles. The molecular formula is C27H25N3O5S. The summed E-state index contributed by atoms with van der Waals surface area (Å²) in [7, 11) is 0. The molecule has 0 radical (unpaired) electrons. The van der Waals surface area contributed by atoms with Crippen LogP contribution in [-0.2, 0) is 9.47 Å². The zero-order valence-electron chi connectivity index (χ0n) is 19.7. The highest BCUT2D eigenvalue weighted by Gasteiger charge is 2.64. The van der Waals surface area contributed by atoms with Crippen molar-refractivity contribution in [1.29, 1.82) is 0 Å². The highest BCUT2D eigenvalue weighted by atomic mass is 32.2. The van der Waals surface area contributed by atoms with Crippen molar-refractivity contribution >= 4 is 23.5 Å². The van der Waals surface area contributed by atoms with Crippen molar-refractivity contribution in [3.05, 3.63) is 112 Å². The van der Waals surface area contributed by atoms with Gasteiger partial charge in [-0.05, 0) is 36.7 Å². The standard InChI is InChI=1S/C27H25N3O5S/c1-17-13-15-21(16-14-17)36-26-27(33,23(31)19-9-5-3-6-10-19)24(22(34-26)18(2)29-30-28)35-25(32)20-11-7-4-8-12-20/h3-16,18,22,24,26,33H,1-2H3/t18-,22-,24-,26+,27-/m1/s1. The molecule has 1 N–H and O–H groups in total. The highest BCUT2D eigenvalue weighted by Crippen LogP contribution is 2.45. The molecule has 1 fully saturated rings. The minimum absolute atomic E-state index is 0.232. The smallest absolute Gasteiger partial charge is 0.338 e. The second-order valence-corrected chi connectivity index (χ2v) is 9.66. The van der Waals surface area contributed by atoms with E-state index in [0.717, 1.165) is 22.2 Å². The highest BCUT2D eigenvalue weighted by molar-refractivity contribution is 8.00. The molecule has 3 aromatic rings. The summed E-state index contributed by atoms with van der Waals surface area (Å²) in [6, 6.07) is 23.2. The van der Waals surface area contributed by atoms with Crippen LogP contribution in [0.15, 0.2) is 94.9 Å². The largest absolute Gasteiger partial charge is 0.452 e. The van der Waals surface area contributed by atoms with Crippen LogP contribution in [0.4, 0.5) is 0 Å². The van der Waals surface area contributed by atoms with Crippen LogP contribution >= 0.6 is 11.8 Å². The monoisotopic (exact) mass is 503 g/mol. The molecule has 0 amide bonds. The topological polar surface area (TPSA) is 122 Å². The van der Waals surface area contributed by atoms with E-state index < -0.39 is 41.0 Å². The van der Waals surface area contributed by atoms with Gasteiger partial charge >= 0.3 is 5.97 Å². The van der Waals surface area contributed by atoms with Gasteiger partial charge in [0.2, 0.25) is 11.4 Å². The number of ketones is 1. The molecule has 0 unspecified atom stereocenters. The Morgan fingerprint density at radius 2 is 1.61 bits per heavy atom. The van der Waals surface area contributed by atoms with Crippen molar-refractivity contribution in [2.75, 3.05) is 0 Å². The lowest BCUT2D eigenvalue weighted by Crippen LogP contribution is -2.56. The lowest BCUT2D eigenvalue weighted by molar-refractivity contribution is -0.0523. The first-order valence-electron chi connectivity index (χ1n) is 11.4. The number of aliphatic hydroxyl groups is 1. The molecule has 5 atom stereocenters. The summed E-state index contributed by atoms with van der Waals surface area (Å²) < 4.78 is 12.0. The predicted molar refractivity (Wildman–Crippen MR) is 136 cm³/mol. The summed E-state index contributed by atoms with van der Waals surface area (Å²) >= 11 is 1.14. The van der Waals surface area contributed by atoms with E-state index in [0.29, 0.717) is 0 Å². The van der Waals surface area contributed by atoms with Gasteiger partial charge in [0.25, 0.3) is 0 Å². The molecule has 1 aliphatic heterocycles. The molecular weight excluding hydrogens is 478 g/mol. The van der Waals surface area contributed by atoms with Crippen molar-refractivity contribution in [2.45, 2.75) is 48.0 Å². The molecule has 8 nitrogen and oxygen atoms in total. The van der Waals surface area contributed by atoms with Crippen molar-refractivity contribution in [1.82, 2.24) is 0 Å². The molecule has 0 spiro atoms. The number of thioether (sulfide) groups is 1. The second-order valence-electron chi connectivity index (χ2n) is 8.52. The Labute approximate surface area is 212 Å². The molecule has 9 heteroatoms. The quantitative estimate of drug-likeness (QED) is 0.145. The Balaban J connectivity index is 1.79. The van der Waals surface area contributed by atoms with E-state index in [1.165, 1.54) is 0 Å². The summed E-state index contributed by atoms with van der Waals surface area (Å²) in [5, 5.41) is 15.8. The van der Waals surface area contributed by atoms with Gasteiger partial charge < -0.3 is 14.6 Å². The van der Waals surface area contributed by atoms with Crippen LogP contribution in [0.2, 0.25) is 0 Å². The van der Waals surface area contributed by atoms with E-state index in [9.17, 15) is 14.7 Å². The number of hydrogen-bond donors (Lipinski definition) is 1. The van der Waals surface area contributed by atoms with Gasteiger partial charge in [-0.15, -0.1) is 0 Å². The number of benzene rings is 3. The van der Waals surface area contributed by atoms with Crippen LogP contribution < -0.4 is 0 Å². The number of esters is 1. The second kappa shape index (κ2) is 11.0. The van der Waals surface area contributed by atoms with Crippen molar-refractivity contribution in [3.8, 4) is 0 Å². The van der Waals surface area contributed by atoms with Gasteiger partial charge in [0.05, 0.1) is 11.6 Å². The van der Waals surface area contributed by atoms with Gasteiger partial charge in [0, 0.05) is 15.4 Å². The fraction of sp³-hybridized carbons (Fsp3) is 0.259. The first-order valence-corrected chi connectivity index (χ1v) is 12.2. The Morgan fingerprint density at radius 3 is 2.19 bits per heavy atom. The number of hydrogen-bond acceptors (Lipinski definition) is 7. The lowest BCUT2D eigenvalue weighted by Gasteiger charge is -2.32. The fourth-order valence-electron chi connectivity index (χ4n) is 4.05. The van der Waals surface area contributed by atoms with Gasteiger partial charge in [-0.2, -0.15) is 0 Å². The summed E-state index contributed by atoms with van der Waals surface area (Å²) in [5.74, 6) is -1.39. The van der Waals surface area contributed by atoms with Crippen molar-refractivity contribution < 1.29 is 24.2 Å². The third-order valence-electron chi connectivity index (χ3n) is 5.99. The minimum Gasteiger partial charge on any atom is -0.452 e. The van der Waals surface area contributed by atoms with E-state index in [1.807, 2.05) is 31.2 Å². The van der Waals surface area contributed by atoms with Gasteiger partial charge in [0.15, 0.2) is 6.10 Å². The van der Waals surface area contributed by atoms with Crippen LogP contribution in [0.25, 0.3) is 10.4 Å². The number of carbonyl (C=O) groups excluding carboxylic acids is 2. The minimum atomic E-state index is -2.27. The third-order valence-corrected chi connectivity index (χ3v) is 7.22. The van der Waals surface area contributed by atoms with E-state index in [4.69, 9.17) is 15.0 Å². The Kier molecular flexibility index (Phi) is 7.76. The molecule has 184 valence electrons. The van der Waals surface area contributed by atoms with E-state index >= 15 is 0 Å². The molecule has 3 aromatic carbocycles. The Bertz CT molecular complexity index is 1270. The number of Topliss-reactive ketones (excluding diaryl/α,β-unsaturated/α-hetero) is 1. The number of nitrogens with zero attached hydrogens (tertiary/aromatic N) is 3. The lowest BCUT2D eigenvalue weighted by atomic mass is 9.86. The van der Waals surface area contributed by atoms with E-state index in [1.54, 1.807) is 67.6 Å². The van der Waals surface area contributed by atoms with E-state index in [-0.39, 0.29) is 11.1 Å². The van der Waals surface area contributed by atoms with E-state index in [2.05, 4.69) is 10.0 Å². The van der Waals surface area contributed by atoms with Crippen LogP contribution in [0.5, 0.6) is 0 Å². The van der Waals surface area contributed by atoms with Gasteiger partial charge in [-0.3, -0.25) is 4.79 Å². The Hall–Kier alpha value is -3.62. The zero-order valence-corrected chi connectivity index (χ0v) is 20.5. The first kappa shape index (κ1) is 25.5. The van der Waals surface area contributed by atoms with Gasteiger partial charge in [-0.25, -0.2) is 4.79 Å². The maximum Gasteiger partial charge on any atom is 0.338 e. The van der Waals surface area contributed by atoms with Crippen molar-refractivity contribution in [2.24, 2.45) is 5.11 Å². The average Bonchev–Trinajstić information content (AvgIpc) is 3.18. The average molecular weight is 504 g/mol. The Morgan fingerprint density at radius 1 is 1.03 bits per heavy atom. The maximum absolute atomic E-state index is 13.8. The van der Waals surface area contributed by atoms with Crippen molar-refractivity contribution in [3.63, 3.8) is 0 Å². The number of rotatable bonds is 8. The molecule has 1 saturated heterocycles. The molecule has 0 saturated carbocycles. The van der Waals surface area contributed by atoms with Gasteiger partial charge in [0.1, 0.15) is 11.5 Å². The molecule has 0 bridgehead atoms. The van der Waals surface area contributed by atoms with Crippen LogP contribution in [0.1, 0.15) is 33.2 Å². The first-order chi connectivity index (χ1) is 17.3. The normalized spacial score (nSPS) is 23.9. The fourth-order valence-corrected chi connectivity index (χ4v) is 5.19. The SMILES string of the molecule is Cc1ccc(S[C@@H]2O[C@H]([C@@H](C)N=[N+]=[N-])[C@@H](OC(=O)c3ccccc3)[C@]2(O)C(=O)c2ccccc2)cc1. The van der Waals surface area contributed by atoms with Gasteiger partial charge in [-0.1, -0.05) is 90.0 Å². The zero-order chi connectivity index (χ0) is 25.7. The number of ether oxygens (including phenoxy) is 2. The summed E-state index contributed by atoms with van der Waals surface area (Å²) in [6.45, 7) is 3.53. The van der Waals surface area contributed by atoms with Crippen LogP contribution in [-0.4, -0.2) is 46.1 Å². The molecule has 36 heavy (non-hydrogen) atoms. The third kappa shape index (κ3) is 5.15. The predicted octanol–water partition coefficient (Wildman–Crippen LogP) is 5.35. The molecule has 1 aliphatic rings. The molecule has 1 heterocycles. The molecule has 4 rings (SSSR count). The van der Waals surface area contributed by atoms with Crippen LogP contribution in [0, 0.1) is 6.92 Å². The maximum atomic E-state index is 13.8. The number of aryl methyl sites for hydroxylation is 1. The number of azide groups is 1. The summed E-state index contributed by atoms with van der Waals surface area (Å²) in [6.07, 6.45) is -2.52.